The van der Waals surface area contributed by atoms with E-state index in [-0.39, 0.29) is 50.5 Å². The van der Waals surface area contributed by atoms with Crippen molar-refractivity contribution < 1.29 is 34.0 Å². The number of ether oxygens (including phenoxy) is 3. The Morgan fingerprint density at radius 2 is 1.93 bits per heavy atom. The van der Waals surface area contributed by atoms with Crippen LogP contribution in [0, 0.1) is 17.3 Å². The Morgan fingerprint density at radius 3 is 2.59 bits per heavy atom. The van der Waals surface area contributed by atoms with Crippen molar-refractivity contribution in [3.8, 4) is 0 Å². The first-order chi connectivity index (χ1) is 13.9. The van der Waals surface area contributed by atoms with Gasteiger partial charge in [0.1, 0.15) is 14.0 Å². The van der Waals surface area contributed by atoms with Crippen LogP contribution >= 0.6 is 0 Å². The van der Waals surface area contributed by atoms with Gasteiger partial charge in [0.15, 0.2) is 6.29 Å². The first-order valence-corrected chi connectivity index (χ1v) is 10.7. The fourth-order valence-electron chi connectivity index (χ4n) is 5.32. The number of likely N-dealkylation sites (tertiary alicyclic amines) is 1. The van der Waals surface area contributed by atoms with Crippen molar-refractivity contribution in [1.82, 2.24) is 4.90 Å². The van der Waals surface area contributed by atoms with E-state index in [1.807, 2.05) is 0 Å². The van der Waals surface area contributed by atoms with Crippen molar-refractivity contribution in [2.75, 3.05) is 26.4 Å². The smallest absolute Gasteiger partial charge is 0.233 e. The summed E-state index contributed by atoms with van der Waals surface area (Å²) < 4.78 is 16.1. The van der Waals surface area contributed by atoms with E-state index < -0.39 is 24.5 Å². The molecule has 6 atom stereocenters. The Balaban J connectivity index is 1.14. The molecule has 2 heterocycles. The van der Waals surface area contributed by atoms with Crippen LogP contribution in [0.25, 0.3) is 0 Å². The molecule has 4 aliphatic rings. The number of aliphatic hydroxyl groups is 2. The molecule has 4 unspecified atom stereocenters. The molecule has 4 fully saturated rings. The van der Waals surface area contributed by atoms with Crippen LogP contribution < -0.4 is 0 Å². The Labute approximate surface area is 172 Å². The molecule has 0 aromatic heterocycles. The highest BCUT2D eigenvalue weighted by Crippen LogP contribution is 2.63. The van der Waals surface area contributed by atoms with Crippen molar-refractivity contribution in [3.63, 3.8) is 0 Å². The van der Waals surface area contributed by atoms with E-state index in [4.69, 9.17) is 22.1 Å². The molecule has 0 aromatic rings. The molecule has 2 aliphatic heterocycles. The maximum atomic E-state index is 12.7. The van der Waals surface area contributed by atoms with Gasteiger partial charge in [-0.1, -0.05) is 6.42 Å². The van der Waals surface area contributed by atoms with Gasteiger partial charge in [0, 0.05) is 18.8 Å². The highest BCUT2D eigenvalue weighted by Gasteiger charge is 2.57. The standard InChI is InChI=1S/C20H30BNO7/c21-17-14(23)11-15(24)19(29-17)28-9-8-27-7-6-22-16(25)10-12(18(22)26)13-2-5-20(13)3-1-4-20/h12-15,17,19,23-24H,1-11H2/t12?,13?,14?,15-,17-,19?/m0/s1. The summed E-state index contributed by atoms with van der Waals surface area (Å²) >= 11 is 0. The highest BCUT2D eigenvalue weighted by molar-refractivity contribution is 6.11. The van der Waals surface area contributed by atoms with Gasteiger partial charge < -0.3 is 24.4 Å². The zero-order valence-electron chi connectivity index (χ0n) is 16.7. The lowest BCUT2D eigenvalue weighted by Gasteiger charge is -2.57. The van der Waals surface area contributed by atoms with Crippen molar-refractivity contribution in [3.05, 3.63) is 0 Å². The van der Waals surface area contributed by atoms with Crippen LogP contribution in [-0.2, 0) is 23.8 Å². The van der Waals surface area contributed by atoms with Gasteiger partial charge in [-0.05, 0) is 37.0 Å². The van der Waals surface area contributed by atoms with E-state index in [9.17, 15) is 19.8 Å². The number of imide groups is 1. The van der Waals surface area contributed by atoms with Crippen molar-refractivity contribution in [2.24, 2.45) is 17.3 Å². The largest absolute Gasteiger partial charge is 0.391 e. The lowest BCUT2D eigenvalue weighted by atomic mass is 9.47. The predicted octanol–water partition coefficient (Wildman–Crippen LogP) is -0.0622. The molecule has 0 aromatic carbocycles. The minimum atomic E-state index is -0.952. The van der Waals surface area contributed by atoms with Gasteiger partial charge in [0.25, 0.3) is 0 Å². The van der Waals surface area contributed by atoms with Crippen molar-refractivity contribution >= 4 is 19.7 Å². The minimum Gasteiger partial charge on any atom is -0.391 e. The lowest BCUT2D eigenvalue weighted by molar-refractivity contribution is -0.249. The minimum absolute atomic E-state index is 0.0305. The van der Waals surface area contributed by atoms with E-state index >= 15 is 0 Å². The Bertz CT molecular complexity index is 622. The third-order valence-corrected chi connectivity index (χ3v) is 7.29. The average molecular weight is 407 g/mol. The maximum Gasteiger partial charge on any atom is 0.233 e. The van der Waals surface area contributed by atoms with Crippen LogP contribution in [0.3, 0.4) is 0 Å². The molecule has 29 heavy (non-hydrogen) atoms. The van der Waals surface area contributed by atoms with Gasteiger partial charge in [0.2, 0.25) is 11.8 Å². The highest BCUT2D eigenvalue weighted by atomic mass is 16.7. The average Bonchev–Trinajstić information content (AvgIpc) is 2.87. The number of hydrogen-bond acceptors (Lipinski definition) is 7. The van der Waals surface area contributed by atoms with E-state index in [1.165, 1.54) is 30.6 Å². The third kappa shape index (κ3) is 4.12. The Morgan fingerprint density at radius 1 is 1.14 bits per heavy atom. The molecule has 2 saturated heterocycles. The molecule has 4 rings (SSSR count). The summed E-state index contributed by atoms with van der Waals surface area (Å²) in [5.74, 6) is 0.132. The quantitative estimate of drug-likeness (QED) is 0.330. The lowest BCUT2D eigenvalue weighted by Crippen LogP contribution is -2.50. The summed E-state index contributed by atoms with van der Waals surface area (Å²) in [5.41, 5.74) is 0.356. The van der Waals surface area contributed by atoms with Crippen molar-refractivity contribution in [2.45, 2.75) is 69.4 Å². The SMILES string of the molecule is [B][C@H]1OC(OCCOCCN2C(=O)CC(C3CCC34CCC4)C2=O)[C@@H](O)CC1O. The molecule has 1 spiro atoms. The Hall–Kier alpha value is -0.995. The summed E-state index contributed by atoms with van der Waals surface area (Å²) in [6.07, 6.45) is 3.62. The molecule has 2 amide bonds. The Kier molecular flexibility index (Phi) is 6.32. The van der Waals surface area contributed by atoms with Crippen LogP contribution in [0.1, 0.15) is 44.9 Å². The van der Waals surface area contributed by atoms with E-state index in [1.54, 1.807) is 0 Å². The molecule has 2 radical (unpaired) electrons. The van der Waals surface area contributed by atoms with Gasteiger partial charge in [0.05, 0.1) is 38.4 Å². The van der Waals surface area contributed by atoms with Crippen molar-refractivity contribution in [1.29, 1.82) is 0 Å². The van der Waals surface area contributed by atoms with Crippen LogP contribution in [0.15, 0.2) is 0 Å². The molecule has 9 heteroatoms. The van der Waals surface area contributed by atoms with Gasteiger partial charge in [-0.25, -0.2) is 0 Å². The van der Waals surface area contributed by atoms with Gasteiger partial charge in [-0.2, -0.15) is 0 Å². The summed E-state index contributed by atoms with van der Waals surface area (Å²) in [6.45, 7) is 0.901. The van der Waals surface area contributed by atoms with E-state index in [2.05, 4.69) is 0 Å². The predicted molar refractivity (Wildman–Crippen MR) is 102 cm³/mol. The fourth-order valence-corrected chi connectivity index (χ4v) is 5.32. The number of aliphatic hydroxyl groups excluding tert-OH is 2. The zero-order chi connectivity index (χ0) is 20.6. The monoisotopic (exact) mass is 407 g/mol. The molecular formula is C20H30BNO7. The molecular weight excluding hydrogens is 377 g/mol. The van der Waals surface area contributed by atoms with Gasteiger partial charge >= 0.3 is 0 Å². The molecule has 2 saturated carbocycles. The topological polar surface area (TPSA) is 106 Å². The van der Waals surface area contributed by atoms with Crippen LogP contribution in [0.4, 0.5) is 0 Å². The second kappa shape index (κ2) is 8.63. The number of rotatable bonds is 8. The molecule has 160 valence electrons. The number of carbonyl (C=O) groups excluding carboxylic acids is 2. The maximum absolute atomic E-state index is 12.7. The molecule has 2 aliphatic carbocycles. The summed E-state index contributed by atoms with van der Waals surface area (Å²) in [4.78, 5) is 26.4. The molecule has 8 nitrogen and oxygen atoms in total. The number of hydrogen-bond donors (Lipinski definition) is 2. The second-order valence-corrected chi connectivity index (χ2v) is 8.88. The number of amides is 2. The third-order valence-electron chi connectivity index (χ3n) is 7.29. The first-order valence-electron chi connectivity index (χ1n) is 10.7. The number of nitrogens with zero attached hydrogens (tertiary/aromatic N) is 1. The van der Waals surface area contributed by atoms with Crippen LogP contribution in [0.2, 0.25) is 0 Å². The zero-order valence-corrected chi connectivity index (χ0v) is 16.7. The number of carbonyl (C=O) groups is 2. The van der Waals surface area contributed by atoms with E-state index in [0.717, 1.165) is 6.42 Å². The normalized spacial score (nSPS) is 38.9. The van der Waals surface area contributed by atoms with Crippen LogP contribution in [-0.4, -0.2) is 85.6 Å². The first kappa shape index (κ1) is 21.2. The summed E-state index contributed by atoms with van der Waals surface area (Å²) in [6, 6.07) is -0.890. The molecule has 2 N–H and O–H groups in total. The summed E-state index contributed by atoms with van der Waals surface area (Å²) in [7, 11) is 5.59. The van der Waals surface area contributed by atoms with Crippen LogP contribution in [0.5, 0.6) is 0 Å². The van der Waals surface area contributed by atoms with Gasteiger partial charge in [-0.15, -0.1) is 0 Å². The van der Waals surface area contributed by atoms with E-state index in [0.29, 0.717) is 17.8 Å². The second-order valence-electron chi connectivity index (χ2n) is 8.88. The molecule has 0 bridgehead atoms. The van der Waals surface area contributed by atoms with Gasteiger partial charge in [-0.3, -0.25) is 14.5 Å². The fraction of sp³-hybridized carbons (Fsp3) is 0.900. The summed E-state index contributed by atoms with van der Waals surface area (Å²) in [5, 5.41) is 19.3.